The lowest BCUT2D eigenvalue weighted by atomic mass is 10.1. The van der Waals surface area contributed by atoms with Crippen LogP contribution in [0.3, 0.4) is 0 Å². The molecule has 2 aromatic rings. The van der Waals surface area contributed by atoms with Crippen LogP contribution in [0.1, 0.15) is 30.9 Å². The van der Waals surface area contributed by atoms with Gasteiger partial charge < -0.3 is 19.7 Å². The zero-order valence-corrected chi connectivity index (χ0v) is 16.8. The van der Waals surface area contributed by atoms with Gasteiger partial charge in [-0.3, -0.25) is 4.79 Å². The average molecular weight is 380 g/mol. The summed E-state index contributed by atoms with van der Waals surface area (Å²) < 4.78 is 11.0. The van der Waals surface area contributed by atoms with E-state index in [4.69, 9.17) is 9.47 Å². The number of anilines is 2. The Balaban J connectivity index is 1.59. The van der Waals surface area contributed by atoms with Crippen LogP contribution in [0.25, 0.3) is 6.08 Å². The number of rotatable bonds is 7. The molecule has 0 radical (unpaired) electrons. The molecular formula is C23H28N2O3. The average Bonchev–Trinajstić information content (AvgIpc) is 3.21. The van der Waals surface area contributed by atoms with Gasteiger partial charge in [0.25, 0.3) is 5.91 Å². The third kappa shape index (κ3) is 4.85. The van der Waals surface area contributed by atoms with Crippen LogP contribution in [0.2, 0.25) is 0 Å². The van der Waals surface area contributed by atoms with Crippen LogP contribution >= 0.6 is 0 Å². The summed E-state index contributed by atoms with van der Waals surface area (Å²) in [4.78, 5) is 14.7. The first-order valence-corrected chi connectivity index (χ1v) is 9.69. The van der Waals surface area contributed by atoms with Crippen LogP contribution in [0, 0.1) is 6.92 Å². The SMILES string of the molecule is C/C=C/c1ccc(OCC(=O)Nc2ccc(N3CCCC3)c(C)c2)c(OC)c1. The molecular weight excluding hydrogens is 352 g/mol. The highest BCUT2D eigenvalue weighted by molar-refractivity contribution is 5.92. The molecule has 28 heavy (non-hydrogen) atoms. The van der Waals surface area contributed by atoms with Crippen molar-refractivity contribution in [2.45, 2.75) is 26.7 Å². The van der Waals surface area contributed by atoms with Crippen molar-refractivity contribution in [2.24, 2.45) is 0 Å². The number of allylic oxidation sites excluding steroid dienone is 1. The molecule has 1 aliphatic heterocycles. The molecule has 5 heteroatoms. The van der Waals surface area contributed by atoms with Gasteiger partial charge in [0.2, 0.25) is 0 Å². The second-order valence-corrected chi connectivity index (χ2v) is 6.94. The maximum atomic E-state index is 12.3. The third-order valence-electron chi connectivity index (χ3n) is 4.83. The second-order valence-electron chi connectivity index (χ2n) is 6.94. The number of nitrogens with zero attached hydrogens (tertiary/aromatic N) is 1. The van der Waals surface area contributed by atoms with E-state index in [0.29, 0.717) is 11.5 Å². The summed E-state index contributed by atoms with van der Waals surface area (Å²) in [6, 6.07) is 11.7. The summed E-state index contributed by atoms with van der Waals surface area (Å²) in [6.45, 7) is 6.17. The Morgan fingerprint density at radius 2 is 1.93 bits per heavy atom. The van der Waals surface area contributed by atoms with Crippen molar-refractivity contribution < 1.29 is 14.3 Å². The molecule has 0 aliphatic carbocycles. The fraction of sp³-hybridized carbons (Fsp3) is 0.348. The van der Waals surface area contributed by atoms with Crippen LogP contribution in [0.4, 0.5) is 11.4 Å². The highest BCUT2D eigenvalue weighted by Gasteiger charge is 2.15. The van der Waals surface area contributed by atoms with Crippen LogP contribution in [-0.4, -0.2) is 32.7 Å². The molecule has 2 aromatic carbocycles. The Morgan fingerprint density at radius 1 is 1.14 bits per heavy atom. The lowest BCUT2D eigenvalue weighted by Crippen LogP contribution is -2.21. The molecule has 1 aliphatic rings. The normalized spacial score (nSPS) is 13.8. The van der Waals surface area contributed by atoms with Gasteiger partial charge >= 0.3 is 0 Å². The quantitative estimate of drug-likeness (QED) is 0.759. The minimum absolute atomic E-state index is 0.0771. The van der Waals surface area contributed by atoms with E-state index in [1.807, 2.05) is 49.4 Å². The van der Waals surface area contributed by atoms with Crippen molar-refractivity contribution in [1.29, 1.82) is 0 Å². The zero-order valence-electron chi connectivity index (χ0n) is 16.8. The van der Waals surface area contributed by atoms with Gasteiger partial charge in [-0.25, -0.2) is 0 Å². The molecule has 5 nitrogen and oxygen atoms in total. The fourth-order valence-electron chi connectivity index (χ4n) is 3.49. The highest BCUT2D eigenvalue weighted by Crippen LogP contribution is 2.29. The first kappa shape index (κ1) is 19.8. The van der Waals surface area contributed by atoms with Crippen LogP contribution in [0.15, 0.2) is 42.5 Å². The van der Waals surface area contributed by atoms with Gasteiger partial charge in [-0.15, -0.1) is 0 Å². The topological polar surface area (TPSA) is 50.8 Å². The lowest BCUT2D eigenvalue weighted by molar-refractivity contribution is -0.118. The van der Waals surface area contributed by atoms with Crippen LogP contribution in [-0.2, 0) is 4.79 Å². The molecule has 0 aromatic heterocycles. The first-order chi connectivity index (χ1) is 13.6. The molecule has 0 unspecified atom stereocenters. The van der Waals surface area contributed by atoms with E-state index >= 15 is 0 Å². The molecule has 0 atom stereocenters. The molecule has 3 rings (SSSR count). The van der Waals surface area contributed by atoms with E-state index in [0.717, 1.165) is 24.3 Å². The van der Waals surface area contributed by atoms with E-state index in [9.17, 15) is 4.79 Å². The third-order valence-corrected chi connectivity index (χ3v) is 4.83. The monoisotopic (exact) mass is 380 g/mol. The van der Waals surface area contributed by atoms with E-state index in [-0.39, 0.29) is 12.5 Å². The van der Waals surface area contributed by atoms with Crippen molar-refractivity contribution in [3.63, 3.8) is 0 Å². The van der Waals surface area contributed by atoms with Gasteiger partial charge in [-0.05, 0) is 68.1 Å². The summed E-state index contributed by atoms with van der Waals surface area (Å²) in [6.07, 6.45) is 6.43. The zero-order chi connectivity index (χ0) is 19.9. The number of carbonyl (C=O) groups is 1. The standard InChI is InChI=1S/C23H28N2O3/c1-4-7-18-8-11-21(22(15-18)27-3)28-16-23(26)24-19-9-10-20(17(2)14-19)25-12-5-6-13-25/h4,7-11,14-15H,5-6,12-13,16H2,1-3H3,(H,24,26)/b7-4+. The summed E-state index contributed by atoms with van der Waals surface area (Å²) in [5, 5.41) is 2.91. The molecule has 1 amide bonds. The van der Waals surface area contributed by atoms with Gasteiger partial charge in [0, 0.05) is 24.5 Å². The van der Waals surface area contributed by atoms with Crippen molar-refractivity contribution in [1.82, 2.24) is 0 Å². The van der Waals surface area contributed by atoms with E-state index < -0.39 is 0 Å². The van der Waals surface area contributed by atoms with Gasteiger partial charge in [0.15, 0.2) is 18.1 Å². The van der Waals surface area contributed by atoms with Crippen molar-refractivity contribution in [2.75, 3.05) is 37.0 Å². The molecule has 0 spiro atoms. The maximum absolute atomic E-state index is 12.3. The number of carbonyl (C=O) groups excluding carboxylic acids is 1. The Hall–Kier alpha value is -2.95. The first-order valence-electron chi connectivity index (χ1n) is 9.69. The summed E-state index contributed by atoms with van der Waals surface area (Å²) in [5.41, 5.74) is 4.22. The molecule has 0 bridgehead atoms. The van der Waals surface area contributed by atoms with E-state index in [1.165, 1.54) is 24.1 Å². The Bertz CT molecular complexity index is 855. The number of benzene rings is 2. The van der Waals surface area contributed by atoms with Crippen molar-refractivity contribution in [3.8, 4) is 11.5 Å². The summed E-state index contributed by atoms with van der Waals surface area (Å²) in [5.74, 6) is 0.952. The van der Waals surface area contributed by atoms with Crippen molar-refractivity contribution >= 4 is 23.4 Å². The summed E-state index contributed by atoms with van der Waals surface area (Å²) in [7, 11) is 1.59. The lowest BCUT2D eigenvalue weighted by Gasteiger charge is -2.20. The molecule has 1 heterocycles. The van der Waals surface area contributed by atoms with Crippen LogP contribution < -0.4 is 19.7 Å². The van der Waals surface area contributed by atoms with Gasteiger partial charge in [0.1, 0.15) is 0 Å². The predicted octanol–water partition coefficient (Wildman–Crippen LogP) is 4.65. The van der Waals surface area contributed by atoms with Gasteiger partial charge in [-0.2, -0.15) is 0 Å². The number of ether oxygens (including phenoxy) is 2. The van der Waals surface area contributed by atoms with Crippen molar-refractivity contribution in [3.05, 3.63) is 53.6 Å². The minimum Gasteiger partial charge on any atom is -0.493 e. The number of amides is 1. The number of hydrogen-bond donors (Lipinski definition) is 1. The number of aryl methyl sites for hydroxylation is 1. The number of hydrogen-bond acceptors (Lipinski definition) is 4. The van der Waals surface area contributed by atoms with E-state index in [1.54, 1.807) is 7.11 Å². The second kappa shape index (κ2) is 9.31. The summed E-state index contributed by atoms with van der Waals surface area (Å²) >= 11 is 0. The van der Waals surface area contributed by atoms with Gasteiger partial charge in [0.05, 0.1) is 7.11 Å². The number of methoxy groups -OCH3 is 1. The molecule has 1 N–H and O–H groups in total. The van der Waals surface area contributed by atoms with Gasteiger partial charge in [-0.1, -0.05) is 18.2 Å². The smallest absolute Gasteiger partial charge is 0.262 e. The Morgan fingerprint density at radius 3 is 2.61 bits per heavy atom. The maximum Gasteiger partial charge on any atom is 0.262 e. The number of nitrogens with one attached hydrogen (secondary N) is 1. The fourth-order valence-corrected chi connectivity index (χ4v) is 3.49. The molecule has 1 fully saturated rings. The Labute approximate surface area is 167 Å². The van der Waals surface area contributed by atoms with E-state index in [2.05, 4.69) is 23.2 Å². The Kier molecular flexibility index (Phi) is 6.58. The predicted molar refractivity (Wildman–Crippen MR) is 114 cm³/mol. The molecule has 1 saturated heterocycles. The molecule has 0 saturated carbocycles. The largest absolute Gasteiger partial charge is 0.493 e. The molecule has 148 valence electrons. The highest BCUT2D eigenvalue weighted by atomic mass is 16.5. The minimum atomic E-state index is -0.201. The van der Waals surface area contributed by atoms with Crippen LogP contribution in [0.5, 0.6) is 11.5 Å².